The molecule has 3 N–H and O–H groups in total. The molecule has 22 heavy (non-hydrogen) atoms. The van der Waals surface area contributed by atoms with Crippen LogP contribution in [0.2, 0.25) is 0 Å². The van der Waals surface area contributed by atoms with E-state index in [4.69, 9.17) is 0 Å². The maximum absolute atomic E-state index is 12.1. The number of hydrogen-bond donors (Lipinski definition) is 3. The second-order valence-corrected chi connectivity index (χ2v) is 4.56. The van der Waals surface area contributed by atoms with Gasteiger partial charge in [-0.15, -0.1) is 0 Å². The Morgan fingerprint density at radius 1 is 1.14 bits per heavy atom. The van der Waals surface area contributed by atoms with E-state index in [0.717, 1.165) is 5.69 Å². The lowest BCUT2D eigenvalue weighted by Gasteiger charge is -2.07. The Morgan fingerprint density at radius 3 is 2.59 bits per heavy atom. The Labute approximate surface area is 128 Å². The van der Waals surface area contributed by atoms with Crippen molar-refractivity contribution in [1.82, 2.24) is 15.3 Å². The van der Waals surface area contributed by atoms with E-state index in [1.165, 1.54) is 6.20 Å². The highest BCUT2D eigenvalue weighted by molar-refractivity contribution is 6.04. The van der Waals surface area contributed by atoms with Crippen LogP contribution in [-0.2, 0) is 0 Å². The Bertz CT molecular complexity index is 670. The second-order valence-electron chi connectivity index (χ2n) is 4.56. The van der Waals surface area contributed by atoms with Gasteiger partial charge in [0, 0.05) is 30.3 Å². The lowest BCUT2D eigenvalue weighted by molar-refractivity contribution is 0.102. The summed E-state index contributed by atoms with van der Waals surface area (Å²) in [5, 5.41) is 7.92. The lowest BCUT2D eigenvalue weighted by atomic mass is 10.2. The number of carbonyl (C=O) groups is 2. The molecule has 7 heteroatoms. The largest absolute Gasteiger partial charge is 0.338 e. The number of carbonyl (C=O) groups excluding carboxylic acids is 2. The van der Waals surface area contributed by atoms with E-state index >= 15 is 0 Å². The van der Waals surface area contributed by atoms with Crippen molar-refractivity contribution in [3.05, 3.63) is 47.9 Å². The fourth-order valence-electron chi connectivity index (χ4n) is 1.75. The van der Waals surface area contributed by atoms with E-state index in [-0.39, 0.29) is 11.9 Å². The Balaban J connectivity index is 2.00. The number of aromatic nitrogens is 2. The van der Waals surface area contributed by atoms with Crippen LogP contribution in [0, 0.1) is 6.92 Å². The Morgan fingerprint density at radius 2 is 1.95 bits per heavy atom. The minimum Gasteiger partial charge on any atom is -0.338 e. The van der Waals surface area contributed by atoms with Gasteiger partial charge < -0.3 is 10.6 Å². The van der Waals surface area contributed by atoms with Crippen LogP contribution in [0.3, 0.4) is 0 Å². The average molecular weight is 299 g/mol. The zero-order valence-electron chi connectivity index (χ0n) is 12.4. The molecule has 0 fully saturated rings. The highest BCUT2D eigenvalue weighted by Gasteiger charge is 2.08. The molecule has 0 aliphatic heterocycles. The standard InChI is InChI=1S/C15H17N5O2/c1-3-16-15(22)20-13-5-4-11(9-18-13)14(21)19-12-6-7-17-10(2)8-12/h4-9H,3H2,1-2H3,(H,17,19,21)(H2,16,18,20,22). The molecule has 2 heterocycles. The summed E-state index contributed by atoms with van der Waals surface area (Å²) in [6, 6.07) is 6.32. The van der Waals surface area contributed by atoms with Crippen LogP contribution in [0.1, 0.15) is 23.0 Å². The van der Waals surface area contributed by atoms with Crippen molar-refractivity contribution in [3.63, 3.8) is 0 Å². The Hall–Kier alpha value is -2.96. The van der Waals surface area contributed by atoms with Crippen LogP contribution in [0.15, 0.2) is 36.7 Å². The molecule has 0 unspecified atom stereocenters. The molecular weight excluding hydrogens is 282 g/mol. The first-order valence-corrected chi connectivity index (χ1v) is 6.83. The lowest BCUT2D eigenvalue weighted by Crippen LogP contribution is -2.28. The number of hydrogen-bond acceptors (Lipinski definition) is 4. The van der Waals surface area contributed by atoms with Crippen molar-refractivity contribution in [2.45, 2.75) is 13.8 Å². The molecule has 0 spiro atoms. The van der Waals surface area contributed by atoms with Gasteiger partial charge in [0.25, 0.3) is 5.91 Å². The van der Waals surface area contributed by atoms with E-state index in [1.807, 2.05) is 13.8 Å². The molecule has 0 aliphatic rings. The molecule has 0 radical (unpaired) electrons. The predicted octanol–water partition coefficient (Wildman–Crippen LogP) is 2.18. The summed E-state index contributed by atoms with van der Waals surface area (Å²) in [6.45, 7) is 4.19. The van der Waals surface area contributed by atoms with Gasteiger partial charge in [-0.05, 0) is 38.1 Å². The van der Waals surface area contributed by atoms with E-state index in [9.17, 15) is 9.59 Å². The van der Waals surface area contributed by atoms with E-state index in [2.05, 4.69) is 25.9 Å². The van der Waals surface area contributed by atoms with Crippen molar-refractivity contribution < 1.29 is 9.59 Å². The van der Waals surface area contributed by atoms with Crippen molar-refractivity contribution in [1.29, 1.82) is 0 Å². The van der Waals surface area contributed by atoms with Crippen LogP contribution < -0.4 is 16.0 Å². The summed E-state index contributed by atoms with van der Waals surface area (Å²) < 4.78 is 0. The summed E-state index contributed by atoms with van der Waals surface area (Å²) >= 11 is 0. The van der Waals surface area contributed by atoms with Crippen LogP contribution in [-0.4, -0.2) is 28.5 Å². The highest BCUT2D eigenvalue weighted by atomic mass is 16.2. The van der Waals surface area contributed by atoms with Gasteiger partial charge in [-0.3, -0.25) is 15.1 Å². The molecule has 0 atom stereocenters. The van der Waals surface area contributed by atoms with Crippen LogP contribution in [0.5, 0.6) is 0 Å². The molecule has 0 aliphatic carbocycles. The van der Waals surface area contributed by atoms with E-state index < -0.39 is 0 Å². The molecule has 7 nitrogen and oxygen atoms in total. The first-order valence-electron chi connectivity index (χ1n) is 6.83. The van der Waals surface area contributed by atoms with Gasteiger partial charge in [0.05, 0.1) is 5.56 Å². The normalized spacial score (nSPS) is 9.91. The van der Waals surface area contributed by atoms with Crippen molar-refractivity contribution in [2.75, 3.05) is 17.2 Å². The number of amides is 3. The Kier molecular flexibility index (Phi) is 5.02. The third kappa shape index (κ3) is 4.27. The van der Waals surface area contributed by atoms with Gasteiger partial charge >= 0.3 is 6.03 Å². The summed E-state index contributed by atoms with van der Waals surface area (Å²) in [6.07, 6.45) is 3.04. The number of nitrogens with one attached hydrogen (secondary N) is 3. The van der Waals surface area contributed by atoms with Gasteiger partial charge in [-0.1, -0.05) is 0 Å². The number of rotatable bonds is 4. The first kappa shape index (κ1) is 15.4. The average Bonchev–Trinajstić information content (AvgIpc) is 2.48. The zero-order valence-corrected chi connectivity index (χ0v) is 12.4. The molecule has 2 aromatic rings. The van der Waals surface area contributed by atoms with Crippen LogP contribution in [0.25, 0.3) is 0 Å². The third-order valence-corrected chi connectivity index (χ3v) is 2.76. The SMILES string of the molecule is CCNC(=O)Nc1ccc(C(=O)Nc2ccnc(C)c2)cn1. The smallest absolute Gasteiger partial charge is 0.320 e. The topological polar surface area (TPSA) is 96.0 Å². The second kappa shape index (κ2) is 7.16. The fraction of sp³-hybridized carbons (Fsp3) is 0.200. The molecule has 0 aromatic carbocycles. The first-order chi connectivity index (χ1) is 10.6. The van der Waals surface area contributed by atoms with Gasteiger partial charge in [0.2, 0.25) is 0 Å². The quantitative estimate of drug-likeness (QED) is 0.806. The van der Waals surface area contributed by atoms with Gasteiger partial charge in [0.1, 0.15) is 5.82 Å². The van der Waals surface area contributed by atoms with Gasteiger partial charge in [0.15, 0.2) is 0 Å². The summed E-state index contributed by atoms with van der Waals surface area (Å²) in [5.74, 6) is 0.102. The number of anilines is 2. The summed E-state index contributed by atoms with van der Waals surface area (Å²) in [7, 11) is 0. The number of pyridine rings is 2. The van der Waals surface area contributed by atoms with E-state index in [1.54, 1.807) is 30.5 Å². The van der Waals surface area contributed by atoms with Crippen LogP contribution in [0.4, 0.5) is 16.3 Å². The number of urea groups is 1. The molecule has 0 bridgehead atoms. The molecule has 0 saturated carbocycles. The van der Waals surface area contributed by atoms with Gasteiger partial charge in [-0.2, -0.15) is 0 Å². The van der Waals surface area contributed by atoms with E-state index in [0.29, 0.717) is 23.6 Å². The maximum atomic E-state index is 12.1. The minimum absolute atomic E-state index is 0.275. The monoisotopic (exact) mass is 299 g/mol. The molecule has 2 aromatic heterocycles. The molecule has 114 valence electrons. The number of nitrogens with zero attached hydrogens (tertiary/aromatic N) is 2. The third-order valence-electron chi connectivity index (χ3n) is 2.76. The molecule has 3 amide bonds. The molecular formula is C15H17N5O2. The summed E-state index contributed by atoms with van der Waals surface area (Å²) in [5.41, 5.74) is 1.88. The molecule has 0 saturated heterocycles. The zero-order chi connectivity index (χ0) is 15.9. The number of aryl methyl sites for hydroxylation is 1. The summed E-state index contributed by atoms with van der Waals surface area (Å²) in [4.78, 5) is 31.5. The maximum Gasteiger partial charge on any atom is 0.320 e. The van der Waals surface area contributed by atoms with Gasteiger partial charge in [-0.25, -0.2) is 9.78 Å². The molecule has 2 rings (SSSR count). The van der Waals surface area contributed by atoms with Crippen molar-refractivity contribution in [3.8, 4) is 0 Å². The van der Waals surface area contributed by atoms with Crippen LogP contribution >= 0.6 is 0 Å². The fourth-order valence-corrected chi connectivity index (χ4v) is 1.75. The van der Waals surface area contributed by atoms with Crippen molar-refractivity contribution in [2.24, 2.45) is 0 Å². The predicted molar refractivity (Wildman–Crippen MR) is 83.9 cm³/mol. The van der Waals surface area contributed by atoms with Crippen molar-refractivity contribution >= 4 is 23.4 Å². The minimum atomic E-state index is -0.334. The highest BCUT2D eigenvalue weighted by Crippen LogP contribution is 2.11.